The Labute approximate surface area is 118 Å². The number of benzene rings is 1. The lowest BCUT2D eigenvalue weighted by molar-refractivity contribution is -0.167. The zero-order valence-corrected chi connectivity index (χ0v) is 11.4. The molecule has 21 heavy (non-hydrogen) atoms. The second-order valence-electron chi connectivity index (χ2n) is 4.52. The summed E-state index contributed by atoms with van der Waals surface area (Å²) in [6.45, 7) is -0.632. The molecule has 0 saturated heterocycles. The lowest BCUT2D eigenvalue weighted by atomic mass is 10.0. The quantitative estimate of drug-likeness (QED) is 0.778. The Morgan fingerprint density at radius 2 is 1.81 bits per heavy atom. The summed E-state index contributed by atoms with van der Waals surface area (Å²) in [7, 11) is 1.39. The topological polar surface area (TPSA) is 21.3 Å². The monoisotopic (exact) mass is 315 g/mol. The minimum absolute atomic E-state index is 0.0938. The van der Waals surface area contributed by atoms with Crippen LogP contribution in [-0.2, 0) is 4.74 Å². The van der Waals surface area contributed by atoms with Crippen LogP contribution in [0.2, 0.25) is 0 Å². The van der Waals surface area contributed by atoms with Crippen LogP contribution in [0.5, 0.6) is 0 Å². The Bertz CT molecular complexity index is 480. The molecule has 2 nitrogen and oxygen atoms in total. The molecule has 1 atom stereocenters. The summed E-state index contributed by atoms with van der Waals surface area (Å²) in [5.74, 6) is -6.46. The molecule has 0 fully saturated rings. The van der Waals surface area contributed by atoms with Gasteiger partial charge in [0.15, 0.2) is 11.6 Å². The number of halogens is 6. The highest BCUT2D eigenvalue weighted by Gasteiger charge is 2.41. The van der Waals surface area contributed by atoms with E-state index in [0.29, 0.717) is 0 Å². The predicted octanol–water partition coefficient (Wildman–Crippen LogP) is 3.45. The Morgan fingerprint density at radius 3 is 2.33 bits per heavy atom. The van der Waals surface area contributed by atoms with Crippen molar-refractivity contribution in [2.24, 2.45) is 0 Å². The van der Waals surface area contributed by atoms with Gasteiger partial charge in [0.05, 0.1) is 12.6 Å². The molecule has 0 spiro atoms. The fourth-order valence-corrected chi connectivity index (χ4v) is 1.63. The van der Waals surface area contributed by atoms with E-state index in [4.69, 9.17) is 0 Å². The summed E-state index contributed by atoms with van der Waals surface area (Å²) in [5.41, 5.74) is -0.0304. The number of alkyl halides is 4. The van der Waals surface area contributed by atoms with Crippen molar-refractivity contribution in [3.05, 3.63) is 34.9 Å². The molecule has 0 aliphatic carbocycles. The van der Waals surface area contributed by atoms with Gasteiger partial charge >= 0.3 is 12.3 Å². The van der Waals surface area contributed by atoms with Crippen molar-refractivity contribution in [3.63, 3.8) is 0 Å². The molecule has 0 amide bonds. The van der Waals surface area contributed by atoms with Gasteiger partial charge in [0.25, 0.3) is 0 Å². The minimum Gasteiger partial charge on any atom is -0.373 e. The molecule has 0 aliphatic heterocycles. The Morgan fingerprint density at radius 1 is 1.19 bits per heavy atom. The van der Waals surface area contributed by atoms with E-state index in [0.717, 1.165) is 0 Å². The van der Waals surface area contributed by atoms with E-state index in [1.807, 2.05) is 0 Å². The molecule has 0 aliphatic rings. The molecule has 1 unspecified atom stereocenters. The van der Waals surface area contributed by atoms with E-state index in [1.54, 1.807) is 0 Å². The van der Waals surface area contributed by atoms with Gasteiger partial charge in [0, 0.05) is 5.56 Å². The van der Waals surface area contributed by atoms with Crippen LogP contribution in [0.3, 0.4) is 0 Å². The molecule has 1 N–H and O–H groups in total. The third-order valence-corrected chi connectivity index (χ3v) is 2.93. The first-order chi connectivity index (χ1) is 9.70. The van der Waals surface area contributed by atoms with Gasteiger partial charge in [-0.1, -0.05) is 12.1 Å². The van der Waals surface area contributed by atoms with E-state index < -0.39 is 43.2 Å². The van der Waals surface area contributed by atoms with Crippen LogP contribution in [-0.4, -0.2) is 32.6 Å². The zero-order chi connectivity index (χ0) is 16.2. The predicted molar refractivity (Wildman–Crippen MR) is 64.7 cm³/mol. The summed E-state index contributed by atoms with van der Waals surface area (Å²) >= 11 is 0. The lowest BCUT2D eigenvalue weighted by Gasteiger charge is -2.20. The molecule has 120 valence electrons. The van der Waals surface area contributed by atoms with Crippen LogP contribution in [0, 0.1) is 18.6 Å². The average Bonchev–Trinajstić information content (AvgIpc) is 2.42. The maximum absolute atomic E-state index is 13.8. The zero-order valence-electron chi connectivity index (χ0n) is 11.4. The number of hydrogen-bond acceptors (Lipinski definition) is 2. The summed E-state index contributed by atoms with van der Waals surface area (Å²) in [4.78, 5) is 0. The van der Waals surface area contributed by atoms with Crippen molar-refractivity contribution in [1.82, 2.24) is 5.32 Å². The van der Waals surface area contributed by atoms with E-state index >= 15 is 0 Å². The van der Waals surface area contributed by atoms with Gasteiger partial charge in [-0.25, -0.2) is 17.6 Å². The highest BCUT2D eigenvalue weighted by atomic mass is 19.3. The smallest absolute Gasteiger partial charge is 0.330 e. The van der Waals surface area contributed by atoms with E-state index in [2.05, 4.69) is 10.1 Å². The van der Waals surface area contributed by atoms with Gasteiger partial charge in [0.2, 0.25) is 0 Å². The highest BCUT2D eigenvalue weighted by Crippen LogP contribution is 2.25. The van der Waals surface area contributed by atoms with Crippen LogP contribution >= 0.6 is 0 Å². The third-order valence-electron chi connectivity index (χ3n) is 2.93. The first-order valence-corrected chi connectivity index (χ1v) is 6.06. The van der Waals surface area contributed by atoms with E-state index in [-0.39, 0.29) is 11.1 Å². The summed E-state index contributed by atoms with van der Waals surface area (Å²) in [6.07, 6.45) is -3.85. The SMILES string of the molecule is CNC(COCC(F)(F)C(F)F)c1ccc(C)c(F)c1F. The summed E-state index contributed by atoms with van der Waals surface area (Å²) in [5, 5.41) is 2.56. The molecule has 0 bridgehead atoms. The molecule has 1 rings (SSSR count). The molecule has 8 heteroatoms. The highest BCUT2D eigenvalue weighted by molar-refractivity contribution is 5.28. The van der Waals surface area contributed by atoms with E-state index in [9.17, 15) is 26.3 Å². The second-order valence-corrected chi connectivity index (χ2v) is 4.52. The fraction of sp³-hybridized carbons (Fsp3) is 0.538. The first-order valence-electron chi connectivity index (χ1n) is 6.06. The number of nitrogens with one attached hydrogen (secondary N) is 1. The third kappa shape index (κ3) is 4.34. The van der Waals surface area contributed by atoms with E-state index in [1.165, 1.54) is 26.1 Å². The van der Waals surface area contributed by atoms with Gasteiger partial charge in [-0.05, 0) is 19.5 Å². The van der Waals surface area contributed by atoms with Gasteiger partial charge in [-0.3, -0.25) is 0 Å². The van der Waals surface area contributed by atoms with Crippen LogP contribution in [0.25, 0.3) is 0 Å². The van der Waals surface area contributed by atoms with Crippen molar-refractivity contribution >= 4 is 0 Å². The number of aryl methyl sites for hydroxylation is 1. The van der Waals surface area contributed by atoms with Crippen molar-refractivity contribution in [1.29, 1.82) is 0 Å². The van der Waals surface area contributed by atoms with Crippen LogP contribution in [0.15, 0.2) is 12.1 Å². The van der Waals surface area contributed by atoms with Crippen molar-refractivity contribution in [2.75, 3.05) is 20.3 Å². The molecule has 1 aromatic rings. The Hall–Kier alpha value is -1.28. The maximum atomic E-state index is 13.8. The number of hydrogen-bond donors (Lipinski definition) is 1. The molecule has 0 saturated carbocycles. The van der Waals surface area contributed by atoms with Gasteiger partial charge in [-0.2, -0.15) is 8.78 Å². The van der Waals surface area contributed by atoms with Gasteiger partial charge in [-0.15, -0.1) is 0 Å². The molecular formula is C13H15F6NO. The largest absolute Gasteiger partial charge is 0.373 e. The number of rotatable bonds is 7. The Balaban J connectivity index is 2.75. The fourth-order valence-electron chi connectivity index (χ4n) is 1.63. The lowest BCUT2D eigenvalue weighted by Crippen LogP contribution is -2.34. The molecule has 0 aromatic heterocycles. The molecule has 0 heterocycles. The molecule has 1 aromatic carbocycles. The van der Waals surface area contributed by atoms with Gasteiger partial charge in [0.1, 0.15) is 6.61 Å². The summed E-state index contributed by atoms with van der Waals surface area (Å²) < 4.78 is 80.9. The van der Waals surface area contributed by atoms with Crippen LogP contribution < -0.4 is 5.32 Å². The normalized spacial score (nSPS) is 13.8. The second kappa shape index (κ2) is 7.13. The standard InChI is InChI=1S/C13H15F6NO/c1-7-3-4-8(11(15)10(7)14)9(20-2)5-21-6-13(18,19)12(16)17/h3-4,9,12,20H,5-6H2,1-2H3. The number of likely N-dealkylation sites (N-methyl/N-ethyl adjacent to an activating group) is 1. The van der Waals surface area contributed by atoms with Crippen molar-refractivity contribution in [3.8, 4) is 0 Å². The molecule has 0 radical (unpaired) electrons. The maximum Gasteiger partial charge on any atom is 0.330 e. The van der Waals surface area contributed by atoms with Crippen LogP contribution in [0.4, 0.5) is 26.3 Å². The first kappa shape index (κ1) is 17.8. The summed E-state index contributed by atoms with van der Waals surface area (Å²) in [6, 6.07) is 1.67. The Kier molecular flexibility index (Phi) is 6.03. The van der Waals surface area contributed by atoms with Crippen LogP contribution in [0.1, 0.15) is 17.2 Å². The van der Waals surface area contributed by atoms with Crippen molar-refractivity contribution < 1.29 is 31.1 Å². The number of ether oxygens (including phenoxy) is 1. The minimum atomic E-state index is -4.28. The van der Waals surface area contributed by atoms with Crippen molar-refractivity contribution in [2.45, 2.75) is 25.3 Å². The molecular weight excluding hydrogens is 300 g/mol. The van der Waals surface area contributed by atoms with Gasteiger partial charge < -0.3 is 10.1 Å². The average molecular weight is 315 g/mol.